The average molecular weight is 283 g/mol. The van der Waals surface area contributed by atoms with Gasteiger partial charge < -0.3 is 5.11 Å². The number of nitrogens with one attached hydrogen (secondary N) is 1. The Morgan fingerprint density at radius 3 is 2.79 bits per heavy atom. The summed E-state index contributed by atoms with van der Waals surface area (Å²) < 4.78 is 24.0. The summed E-state index contributed by atoms with van der Waals surface area (Å²) in [5, 5.41) is 12.1. The van der Waals surface area contributed by atoms with Crippen molar-refractivity contribution >= 4 is 15.8 Å². The molecule has 0 spiro atoms. The van der Waals surface area contributed by atoms with Crippen LogP contribution in [0.2, 0.25) is 0 Å². The van der Waals surface area contributed by atoms with Crippen molar-refractivity contribution in [2.24, 2.45) is 0 Å². The number of sulfone groups is 1. The lowest BCUT2D eigenvalue weighted by molar-refractivity contribution is -0.139. The smallest absolute Gasteiger partial charge is 0.320 e. The molecule has 2 rings (SSSR count). The van der Waals surface area contributed by atoms with Crippen molar-refractivity contribution in [3.05, 3.63) is 29.8 Å². The molecule has 2 unspecified atom stereocenters. The molecule has 0 aliphatic carbocycles. The number of fused-ring (bicyclic) bond motifs is 1. The topological polar surface area (TPSA) is 83.5 Å². The van der Waals surface area contributed by atoms with E-state index in [1.54, 1.807) is 24.3 Å². The summed E-state index contributed by atoms with van der Waals surface area (Å²) >= 11 is 0. The van der Waals surface area contributed by atoms with Gasteiger partial charge in [0.2, 0.25) is 0 Å². The first kappa shape index (κ1) is 14.0. The number of hydrogen-bond acceptors (Lipinski definition) is 4. The molecular weight excluding hydrogens is 266 g/mol. The third-order valence-electron chi connectivity index (χ3n) is 3.29. The average Bonchev–Trinajstić information content (AvgIpc) is 2.61. The first-order chi connectivity index (χ1) is 8.95. The van der Waals surface area contributed by atoms with Crippen LogP contribution in [0.25, 0.3) is 0 Å². The normalized spacial score (nSPS) is 21.8. The molecule has 0 saturated carbocycles. The summed E-state index contributed by atoms with van der Waals surface area (Å²) in [6, 6.07) is 5.61. The van der Waals surface area contributed by atoms with Crippen LogP contribution in [0.4, 0.5) is 0 Å². The third kappa shape index (κ3) is 2.79. The molecule has 1 heterocycles. The van der Waals surface area contributed by atoms with Crippen LogP contribution in [0, 0.1) is 0 Å². The molecule has 104 valence electrons. The van der Waals surface area contributed by atoms with Gasteiger partial charge in [0.05, 0.1) is 10.6 Å². The highest BCUT2D eigenvalue weighted by molar-refractivity contribution is 7.91. The highest BCUT2D eigenvalue weighted by Gasteiger charge is 2.36. The van der Waals surface area contributed by atoms with Crippen molar-refractivity contribution in [1.82, 2.24) is 5.32 Å². The van der Waals surface area contributed by atoms with Gasteiger partial charge in [0.1, 0.15) is 6.04 Å². The molecule has 0 radical (unpaired) electrons. The Labute approximate surface area is 112 Å². The van der Waals surface area contributed by atoms with E-state index in [0.29, 0.717) is 16.9 Å². The molecule has 0 aromatic heterocycles. The van der Waals surface area contributed by atoms with E-state index in [1.165, 1.54) is 0 Å². The second kappa shape index (κ2) is 5.30. The second-order valence-corrected chi connectivity index (χ2v) is 6.72. The largest absolute Gasteiger partial charge is 0.480 e. The van der Waals surface area contributed by atoms with Gasteiger partial charge in [-0.1, -0.05) is 31.5 Å². The van der Waals surface area contributed by atoms with Crippen LogP contribution in [0.5, 0.6) is 0 Å². The molecule has 0 saturated heterocycles. The van der Waals surface area contributed by atoms with Gasteiger partial charge in [-0.2, -0.15) is 0 Å². The fourth-order valence-electron chi connectivity index (χ4n) is 2.40. The molecule has 1 aliphatic rings. The summed E-state index contributed by atoms with van der Waals surface area (Å²) in [5.41, 5.74) is 0.671. The van der Waals surface area contributed by atoms with Crippen LogP contribution in [-0.4, -0.2) is 31.3 Å². The summed E-state index contributed by atoms with van der Waals surface area (Å²) in [7, 11) is -3.30. The van der Waals surface area contributed by atoms with Crippen LogP contribution in [0.3, 0.4) is 0 Å². The van der Waals surface area contributed by atoms with Gasteiger partial charge in [-0.15, -0.1) is 0 Å². The fourth-order valence-corrected chi connectivity index (χ4v) is 4.15. The SMILES string of the molecule is CCCC(NC1CS(=O)(=O)c2ccccc21)C(=O)O. The van der Waals surface area contributed by atoms with Crippen molar-refractivity contribution in [3.8, 4) is 0 Å². The number of rotatable bonds is 5. The molecule has 2 atom stereocenters. The summed E-state index contributed by atoms with van der Waals surface area (Å²) in [5.74, 6) is -1.01. The molecule has 0 fully saturated rings. The van der Waals surface area contributed by atoms with Gasteiger partial charge >= 0.3 is 5.97 Å². The van der Waals surface area contributed by atoms with Crippen molar-refractivity contribution in [1.29, 1.82) is 0 Å². The van der Waals surface area contributed by atoms with E-state index in [-0.39, 0.29) is 5.75 Å². The first-order valence-corrected chi connectivity index (χ1v) is 7.91. The maximum Gasteiger partial charge on any atom is 0.320 e. The molecule has 0 amide bonds. The molecule has 0 bridgehead atoms. The molecule has 1 aromatic carbocycles. The predicted octanol–water partition coefficient (Wildman–Crippen LogP) is 1.36. The van der Waals surface area contributed by atoms with Crippen LogP contribution >= 0.6 is 0 Å². The summed E-state index contributed by atoms with van der Waals surface area (Å²) in [6.07, 6.45) is 1.21. The maximum atomic E-state index is 12.0. The number of hydrogen-bond donors (Lipinski definition) is 2. The van der Waals surface area contributed by atoms with E-state index >= 15 is 0 Å². The minimum absolute atomic E-state index is 0.0696. The number of carboxylic acids is 1. The van der Waals surface area contributed by atoms with E-state index in [1.807, 2.05) is 6.92 Å². The highest BCUT2D eigenvalue weighted by Crippen LogP contribution is 2.33. The third-order valence-corrected chi connectivity index (χ3v) is 5.11. The fraction of sp³-hybridized carbons (Fsp3) is 0.462. The molecule has 1 aromatic rings. The monoisotopic (exact) mass is 283 g/mol. The van der Waals surface area contributed by atoms with E-state index < -0.39 is 27.9 Å². The zero-order chi connectivity index (χ0) is 14.0. The molecule has 6 heteroatoms. The molecule has 5 nitrogen and oxygen atoms in total. The minimum atomic E-state index is -3.30. The zero-order valence-corrected chi connectivity index (χ0v) is 11.5. The van der Waals surface area contributed by atoms with E-state index in [0.717, 1.165) is 6.42 Å². The lowest BCUT2D eigenvalue weighted by Gasteiger charge is -2.19. The Balaban J connectivity index is 2.26. The van der Waals surface area contributed by atoms with Gasteiger partial charge in [0, 0.05) is 6.04 Å². The Morgan fingerprint density at radius 1 is 1.47 bits per heavy atom. The van der Waals surface area contributed by atoms with Gasteiger partial charge in [0.25, 0.3) is 0 Å². The Morgan fingerprint density at radius 2 is 2.16 bits per heavy atom. The number of aliphatic carboxylic acids is 1. The van der Waals surface area contributed by atoms with Gasteiger partial charge in [-0.25, -0.2) is 8.42 Å². The van der Waals surface area contributed by atoms with Crippen molar-refractivity contribution in [3.63, 3.8) is 0 Å². The van der Waals surface area contributed by atoms with Gasteiger partial charge in [-0.05, 0) is 18.1 Å². The van der Waals surface area contributed by atoms with E-state index in [4.69, 9.17) is 5.11 Å². The maximum absolute atomic E-state index is 12.0. The Hall–Kier alpha value is -1.40. The summed E-state index contributed by atoms with van der Waals surface area (Å²) in [6.45, 7) is 1.90. The molecule has 1 aliphatic heterocycles. The van der Waals surface area contributed by atoms with Gasteiger partial charge in [0.15, 0.2) is 9.84 Å². The van der Waals surface area contributed by atoms with Crippen LogP contribution in [-0.2, 0) is 14.6 Å². The molecular formula is C13H17NO4S. The van der Waals surface area contributed by atoms with Crippen LogP contribution < -0.4 is 5.32 Å². The highest BCUT2D eigenvalue weighted by atomic mass is 32.2. The van der Waals surface area contributed by atoms with E-state index in [2.05, 4.69) is 5.32 Å². The second-order valence-electron chi connectivity index (χ2n) is 4.72. The number of benzene rings is 1. The zero-order valence-electron chi connectivity index (χ0n) is 10.7. The quantitative estimate of drug-likeness (QED) is 0.852. The summed E-state index contributed by atoms with van der Waals surface area (Å²) in [4.78, 5) is 11.5. The molecule has 2 N–H and O–H groups in total. The van der Waals surface area contributed by atoms with Crippen molar-refractivity contribution in [2.45, 2.75) is 36.7 Å². The lowest BCUT2D eigenvalue weighted by atomic mass is 10.1. The first-order valence-electron chi connectivity index (χ1n) is 6.26. The number of carboxylic acid groups (broad SMARTS) is 1. The predicted molar refractivity (Wildman–Crippen MR) is 70.7 cm³/mol. The Kier molecular flexibility index (Phi) is 3.91. The Bertz CT molecular complexity index is 582. The standard InChI is InChI=1S/C13H17NO4S/c1-2-5-10(13(15)16)14-11-8-19(17,18)12-7-4-3-6-9(11)12/h3-4,6-7,10-11,14H,2,5,8H2,1H3,(H,15,16). The van der Waals surface area contributed by atoms with Gasteiger partial charge in [-0.3, -0.25) is 10.1 Å². The van der Waals surface area contributed by atoms with Crippen molar-refractivity contribution in [2.75, 3.05) is 5.75 Å². The molecule has 19 heavy (non-hydrogen) atoms. The lowest BCUT2D eigenvalue weighted by Crippen LogP contribution is -2.39. The van der Waals surface area contributed by atoms with Crippen LogP contribution in [0.15, 0.2) is 29.2 Å². The number of carbonyl (C=O) groups is 1. The minimum Gasteiger partial charge on any atom is -0.480 e. The van der Waals surface area contributed by atoms with E-state index in [9.17, 15) is 13.2 Å². The van der Waals surface area contributed by atoms with Crippen molar-refractivity contribution < 1.29 is 18.3 Å². The van der Waals surface area contributed by atoms with Crippen LogP contribution in [0.1, 0.15) is 31.4 Å².